The van der Waals surface area contributed by atoms with Crippen LogP contribution in [0.4, 0.5) is 8.78 Å². The highest BCUT2D eigenvalue weighted by Gasteiger charge is 2.75. The predicted molar refractivity (Wildman–Crippen MR) is 46.6 cm³/mol. The van der Waals surface area contributed by atoms with Crippen molar-refractivity contribution in [2.75, 3.05) is 6.61 Å². The Bertz CT molecular complexity index is 340. The normalized spacial score (nSPS) is 49.3. The lowest BCUT2D eigenvalue weighted by molar-refractivity contribution is -0.220. The molecule has 2 saturated heterocycles. The monoisotopic (exact) mass is 218 g/mol. The van der Waals surface area contributed by atoms with Crippen molar-refractivity contribution in [2.45, 2.75) is 43.4 Å². The van der Waals surface area contributed by atoms with E-state index in [0.29, 0.717) is 0 Å². The van der Waals surface area contributed by atoms with Crippen molar-refractivity contribution >= 4 is 0 Å². The second-order valence-electron chi connectivity index (χ2n) is 4.67. The Morgan fingerprint density at radius 3 is 2.33 bits per heavy atom. The van der Waals surface area contributed by atoms with E-state index in [1.165, 1.54) is 6.08 Å². The second kappa shape index (κ2) is 2.42. The Labute approximate surface area is 86.0 Å². The van der Waals surface area contributed by atoms with E-state index in [1.54, 1.807) is 19.9 Å². The zero-order valence-electron chi connectivity index (χ0n) is 8.50. The number of ether oxygens (including phenoxy) is 3. The Kier molecular flexibility index (Phi) is 1.56. The number of fused-ring (bicyclic) bond motifs is 3. The maximum Gasteiger partial charge on any atom is 0.310 e. The summed E-state index contributed by atoms with van der Waals surface area (Å²) >= 11 is 0. The largest absolute Gasteiger partial charge is 0.357 e. The Balaban J connectivity index is 2.03. The SMILES string of the molecule is CC1(C)OC[C@]2(O1)[C@@H]1C=C[C@@H](O1)C2(F)F. The van der Waals surface area contributed by atoms with Crippen molar-refractivity contribution in [3.63, 3.8) is 0 Å². The Hall–Kier alpha value is -0.520. The van der Waals surface area contributed by atoms with Crippen LogP contribution < -0.4 is 0 Å². The molecule has 0 aromatic heterocycles. The fourth-order valence-corrected chi connectivity index (χ4v) is 2.44. The highest BCUT2D eigenvalue weighted by Crippen LogP contribution is 2.55. The standard InChI is InChI=1S/C10H12F2O3/c1-8(2)13-5-9(15-8)6-3-4-7(14-6)10(9,11)12/h3-4,6-7H,5H2,1-2H3/t6-,7+,9-/m0/s1. The average Bonchev–Trinajstić information content (AvgIpc) is 2.71. The molecule has 0 N–H and O–H groups in total. The van der Waals surface area contributed by atoms with Crippen LogP contribution >= 0.6 is 0 Å². The van der Waals surface area contributed by atoms with E-state index in [2.05, 4.69) is 0 Å². The zero-order chi connectivity index (χ0) is 10.9. The summed E-state index contributed by atoms with van der Waals surface area (Å²) in [7, 11) is 0. The maximum absolute atomic E-state index is 14.0. The molecule has 3 rings (SSSR count). The van der Waals surface area contributed by atoms with Gasteiger partial charge in [-0.25, -0.2) is 0 Å². The molecule has 2 fully saturated rings. The highest BCUT2D eigenvalue weighted by molar-refractivity contribution is 5.28. The molecule has 0 amide bonds. The van der Waals surface area contributed by atoms with Gasteiger partial charge in [0.2, 0.25) is 0 Å². The van der Waals surface area contributed by atoms with E-state index < -0.39 is 29.5 Å². The summed E-state index contributed by atoms with van der Waals surface area (Å²) in [5.74, 6) is -3.98. The van der Waals surface area contributed by atoms with Gasteiger partial charge < -0.3 is 14.2 Å². The fourth-order valence-electron chi connectivity index (χ4n) is 2.44. The first-order valence-electron chi connectivity index (χ1n) is 4.93. The summed E-state index contributed by atoms with van der Waals surface area (Å²) in [5.41, 5.74) is -1.63. The topological polar surface area (TPSA) is 27.7 Å². The van der Waals surface area contributed by atoms with Crippen molar-refractivity contribution < 1.29 is 23.0 Å². The quantitative estimate of drug-likeness (QED) is 0.576. The summed E-state index contributed by atoms with van der Waals surface area (Å²) in [4.78, 5) is 0. The van der Waals surface area contributed by atoms with Gasteiger partial charge in [-0.3, -0.25) is 0 Å². The minimum atomic E-state index is -3.01. The van der Waals surface area contributed by atoms with E-state index in [-0.39, 0.29) is 6.61 Å². The molecule has 3 nitrogen and oxygen atoms in total. The first-order chi connectivity index (χ1) is 6.87. The van der Waals surface area contributed by atoms with Crippen molar-refractivity contribution in [3.8, 4) is 0 Å². The molecule has 15 heavy (non-hydrogen) atoms. The molecule has 0 aromatic rings. The molecule has 3 aliphatic rings. The Morgan fingerprint density at radius 1 is 1.20 bits per heavy atom. The van der Waals surface area contributed by atoms with Gasteiger partial charge in [0.25, 0.3) is 0 Å². The van der Waals surface area contributed by atoms with Crippen molar-refractivity contribution in [3.05, 3.63) is 12.2 Å². The second-order valence-corrected chi connectivity index (χ2v) is 4.67. The first kappa shape index (κ1) is 9.69. The van der Waals surface area contributed by atoms with Crippen LogP contribution in [-0.4, -0.2) is 36.1 Å². The lowest BCUT2D eigenvalue weighted by Crippen LogP contribution is -2.57. The molecule has 5 heteroatoms. The van der Waals surface area contributed by atoms with Crippen LogP contribution in [-0.2, 0) is 14.2 Å². The predicted octanol–water partition coefficient (Wildman–Crippen LogP) is 1.48. The lowest BCUT2D eigenvalue weighted by Gasteiger charge is -2.34. The van der Waals surface area contributed by atoms with Gasteiger partial charge in [-0.05, 0) is 13.8 Å². The van der Waals surface area contributed by atoms with Gasteiger partial charge in [-0.15, -0.1) is 0 Å². The number of hydrogen-bond donors (Lipinski definition) is 0. The van der Waals surface area contributed by atoms with Gasteiger partial charge in [0.05, 0.1) is 6.61 Å². The smallest absolute Gasteiger partial charge is 0.310 e. The summed E-state index contributed by atoms with van der Waals surface area (Å²) in [5, 5.41) is 0. The van der Waals surface area contributed by atoms with E-state index in [4.69, 9.17) is 14.2 Å². The minimum Gasteiger partial charge on any atom is -0.357 e. The van der Waals surface area contributed by atoms with E-state index in [9.17, 15) is 8.78 Å². The van der Waals surface area contributed by atoms with Crippen LogP contribution in [0.15, 0.2) is 12.2 Å². The molecule has 0 radical (unpaired) electrons. The number of halogens is 2. The molecule has 0 aromatic carbocycles. The van der Waals surface area contributed by atoms with Crippen LogP contribution in [0, 0.1) is 0 Å². The van der Waals surface area contributed by atoms with Crippen molar-refractivity contribution in [1.29, 1.82) is 0 Å². The zero-order valence-corrected chi connectivity index (χ0v) is 8.50. The molecule has 3 atom stereocenters. The van der Waals surface area contributed by atoms with Gasteiger partial charge in [0, 0.05) is 0 Å². The molecule has 0 unspecified atom stereocenters. The van der Waals surface area contributed by atoms with Gasteiger partial charge >= 0.3 is 5.92 Å². The molecular weight excluding hydrogens is 206 g/mol. The van der Waals surface area contributed by atoms with Crippen LogP contribution in [0.1, 0.15) is 13.8 Å². The molecule has 0 aliphatic carbocycles. The number of rotatable bonds is 0. The third-order valence-electron chi connectivity index (χ3n) is 3.20. The van der Waals surface area contributed by atoms with E-state index >= 15 is 0 Å². The summed E-state index contributed by atoms with van der Waals surface area (Å²) < 4.78 is 43.7. The lowest BCUT2D eigenvalue weighted by atomic mass is 9.86. The number of hydrogen-bond acceptors (Lipinski definition) is 3. The van der Waals surface area contributed by atoms with Crippen LogP contribution in [0.2, 0.25) is 0 Å². The third kappa shape index (κ3) is 0.984. The summed E-state index contributed by atoms with van der Waals surface area (Å²) in [6, 6.07) is 0. The van der Waals surface area contributed by atoms with E-state index in [0.717, 1.165) is 0 Å². The third-order valence-corrected chi connectivity index (χ3v) is 3.20. The molecule has 3 heterocycles. The molecular formula is C10H12F2O3. The molecule has 3 aliphatic heterocycles. The van der Waals surface area contributed by atoms with Gasteiger partial charge in [-0.1, -0.05) is 12.2 Å². The minimum absolute atomic E-state index is 0.126. The Morgan fingerprint density at radius 2 is 1.87 bits per heavy atom. The highest BCUT2D eigenvalue weighted by atomic mass is 19.3. The first-order valence-corrected chi connectivity index (χ1v) is 4.93. The van der Waals surface area contributed by atoms with E-state index in [1.807, 2.05) is 0 Å². The summed E-state index contributed by atoms with van der Waals surface area (Å²) in [6.45, 7) is 3.14. The summed E-state index contributed by atoms with van der Waals surface area (Å²) in [6.07, 6.45) is 1.16. The maximum atomic E-state index is 14.0. The molecule has 0 saturated carbocycles. The average molecular weight is 218 g/mol. The fraction of sp³-hybridized carbons (Fsp3) is 0.800. The van der Waals surface area contributed by atoms with Crippen molar-refractivity contribution in [1.82, 2.24) is 0 Å². The van der Waals surface area contributed by atoms with Crippen molar-refractivity contribution in [2.24, 2.45) is 0 Å². The molecule has 2 bridgehead atoms. The molecule has 84 valence electrons. The van der Waals surface area contributed by atoms with Gasteiger partial charge in [0.1, 0.15) is 12.2 Å². The van der Waals surface area contributed by atoms with Crippen LogP contribution in [0.5, 0.6) is 0 Å². The van der Waals surface area contributed by atoms with Crippen LogP contribution in [0.3, 0.4) is 0 Å². The van der Waals surface area contributed by atoms with Crippen LogP contribution in [0.25, 0.3) is 0 Å². The molecule has 1 spiro atoms. The van der Waals surface area contributed by atoms with Gasteiger partial charge in [0.15, 0.2) is 11.4 Å². The number of alkyl halides is 2. The van der Waals surface area contributed by atoms with Gasteiger partial charge in [-0.2, -0.15) is 8.78 Å².